The minimum atomic E-state index is -0.436. The molecular weight excluding hydrogens is 222 g/mol. The molecule has 2 rings (SSSR count). The highest BCUT2D eigenvalue weighted by Crippen LogP contribution is 2.27. The van der Waals surface area contributed by atoms with Gasteiger partial charge in [0.1, 0.15) is 12.0 Å². The third kappa shape index (κ3) is 2.71. The van der Waals surface area contributed by atoms with E-state index in [1.807, 2.05) is 0 Å². The number of aromatic nitrogens is 1. The first-order chi connectivity index (χ1) is 8.06. The quantitative estimate of drug-likeness (QED) is 0.611. The van der Waals surface area contributed by atoms with E-state index in [0.717, 1.165) is 19.4 Å². The lowest BCUT2D eigenvalue weighted by Crippen LogP contribution is -2.33. The van der Waals surface area contributed by atoms with Gasteiger partial charge >= 0.3 is 0 Å². The van der Waals surface area contributed by atoms with Gasteiger partial charge < -0.3 is 10.4 Å². The zero-order valence-corrected chi connectivity index (χ0v) is 9.59. The maximum absolute atomic E-state index is 10.6. The van der Waals surface area contributed by atoms with Crippen molar-refractivity contribution >= 4 is 11.5 Å². The van der Waals surface area contributed by atoms with E-state index in [0.29, 0.717) is 17.3 Å². The Labute approximate surface area is 98.8 Å². The number of nitrogens with zero attached hydrogens (tertiary/aromatic N) is 2. The van der Waals surface area contributed by atoms with Crippen LogP contribution in [0.3, 0.4) is 0 Å². The molecule has 1 aliphatic rings. The van der Waals surface area contributed by atoms with Gasteiger partial charge in [0, 0.05) is 12.1 Å². The number of pyridine rings is 1. The largest absolute Gasteiger partial charge is 0.393 e. The van der Waals surface area contributed by atoms with Gasteiger partial charge in [-0.3, -0.25) is 10.1 Å². The van der Waals surface area contributed by atoms with Crippen molar-refractivity contribution in [1.82, 2.24) is 4.98 Å². The number of nitro groups is 1. The maximum atomic E-state index is 10.6. The molecule has 0 spiro atoms. The zero-order chi connectivity index (χ0) is 12.4. The summed E-state index contributed by atoms with van der Waals surface area (Å²) in [6, 6.07) is 1.67. The minimum absolute atomic E-state index is 0.0367. The summed E-state index contributed by atoms with van der Waals surface area (Å²) in [6.07, 6.45) is 2.75. The van der Waals surface area contributed by atoms with Crippen LogP contribution in [0, 0.1) is 23.0 Å². The lowest BCUT2D eigenvalue weighted by atomic mass is 9.82. The first-order valence-corrected chi connectivity index (χ1v) is 5.59. The van der Waals surface area contributed by atoms with Crippen molar-refractivity contribution in [1.29, 1.82) is 0 Å². The second-order valence-electron chi connectivity index (χ2n) is 4.49. The van der Waals surface area contributed by atoms with Crippen molar-refractivity contribution in [3.63, 3.8) is 0 Å². The highest BCUT2D eigenvalue weighted by molar-refractivity contribution is 5.46. The highest BCUT2D eigenvalue weighted by atomic mass is 16.6. The number of aliphatic hydroxyl groups excluding tert-OH is 1. The fraction of sp³-hybridized carbons (Fsp3) is 0.545. The molecule has 0 amide bonds. The molecule has 0 aliphatic heterocycles. The van der Waals surface area contributed by atoms with Crippen LogP contribution in [0.5, 0.6) is 0 Å². The van der Waals surface area contributed by atoms with Crippen LogP contribution < -0.4 is 5.32 Å². The molecule has 1 aliphatic carbocycles. The molecule has 1 aromatic rings. The van der Waals surface area contributed by atoms with E-state index in [1.165, 1.54) is 6.20 Å². The van der Waals surface area contributed by atoms with E-state index < -0.39 is 4.92 Å². The number of aryl methyl sites for hydroxylation is 1. The summed E-state index contributed by atoms with van der Waals surface area (Å²) in [6.45, 7) is 2.44. The Morgan fingerprint density at radius 1 is 1.65 bits per heavy atom. The molecule has 1 fully saturated rings. The third-order valence-electron chi connectivity index (χ3n) is 3.06. The van der Waals surface area contributed by atoms with Gasteiger partial charge in [-0.05, 0) is 31.7 Å². The topological polar surface area (TPSA) is 88.3 Å². The van der Waals surface area contributed by atoms with Crippen molar-refractivity contribution in [2.24, 2.45) is 5.92 Å². The van der Waals surface area contributed by atoms with Gasteiger partial charge in [0.05, 0.1) is 11.0 Å². The van der Waals surface area contributed by atoms with Crippen molar-refractivity contribution in [3.05, 3.63) is 27.9 Å². The average Bonchev–Trinajstić information content (AvgIpc) is 2.22. The monoisotopic (exact) mass is 237 g/mol. The summed E-state index contributed by atoms with van der Waals surface area (Å²) in [5.74, 6) is 1.12. The molecule has 0 saturated heterocycles. The van der Waals surface area contributed by atoms with Crippen LogP contribution in [0.2, 0.25) is 0 Å². The number of hydrogen-bond donors (Lipinski definition) is 2. The molecule has 6 heteroatoms. The van der Waals surface area contributed by atoms with Crippen LogP contribution in [0.15, 0.2) is 12.3 Å². The Morgan fingerprint density at radius 2 is 2.35 bits per heavy atom. The summed E-state index contributed by atoms with van der Waals surface area (Å²) >= 11 is 0. The third-order valence-corrected chi connectivity index (χ3v) is 3.06. The molecule has 0 aromatic carbocycles. The Kier molecular flexibility index (Phi) is 3.23. The Bertz CT molecular complexity index is 430. The molecule has 0 unspecified atom stereocenters. The van der Waals surface area contributed by atoms with Gasteiger partial charge in [0.2, 0.25) is 0 Å². The van der Waals surface area contributed by atoms with E-state index in [2.05, 4.69) is 10.3 Å². The van der Waals surface area contributed by atoms with Crippen LogP contribution in [0.4, 0.5) is 11.5 Å². The second kappa shape index (κ2) is 4.67. The Balaban J connectivity index is 1.93. The summed E-state index contributed by atoms with van der Waals surface area (Å²) in [4.78, 5) is 14.2. The van der Waals surface area contributed by atoms with Crippen LogP contribution in [-0.4, -0.2) is 27.7 Å². The molecule has 92 valence electrons. The number of aliphatic hydroxyl groups is 1. The molecule has 6 nitrogen and oxygen atoms in total. The molecule has 0 radical (unpaired) electrons. The number of rotatable bonds is 4. The molecule has 2 N–H and O–H groups in total. The van der Waals surface area contributed by atoms with Gasteiger partial charge in [-0.15, -0.1) is 0 Å². The molecule has 1 saturated carbocycles. The van der Waals surface area contributed by atoms with Gasteiger partial charge in [-0.1, -0.05) is 0 Å². The van der Waals surface area contributed by atoms with Gasteiger partial charge in [0.15, 0.2) is 0 Å². The Morgan fingerprint density at radius 3 is 2.88 bits per heavy atom. The molecule has 0 bridgehead atoms. The lowest BCUT2D eigenvalue weighted by molar-refractivity contribution is -0.385. The van der Waals surface area contributed by atoms with Crippen LogP contribution in [0.25, 0.3) is 0 Å². The van der Waals surface area contributed by atoms with Crippen LogP contribution in [-0.2, 0) is 0 Å². The standard InChI is InChI=1S/C11H15N3O3/c1-7-2-11(13-6-10(7)14(16)17)12-5-8-3-9(15)4-8/h2,6,8-9,15H,3-5H2,1H3,(H,12,13). The van der Waals surface area contributed by atoms with Gasteiger partial charge in [-0.2, -0.15) is 0 Å². The predicted octanol–water partition coefficient (Wildman–Crippen LogP) is 1.48. The summed E-state index contributed by atoms with van der Waals surface area (Å²) in [5, 5.41) is 22.9. The van der Waals surface area contributed by atoms with Crippen LogP contribution >= 0.6 is 0 Å². The van der Waals surface area contributed by atoms with E-state index in [4.69, 9.17) is 5.11 Å². The van der Waals surface area contributed by atoms with Gasteiger partial charge in [0.25, 0.3) is 5.69 Å². The molecular formula is C11H15N3O3. The molecule has 17 heavy (non-hydrogen) atoms. The van der Waals surface area contributed by atoms with E-state index in [9.17, 15) is 10.1 Å². The van der Waals surface area contributed by atoms with E-state index in [-0.39, 0.29) is 11.8 Å². The first-order valence-electron chi connectivity index (χ1n) is 5.59. The average molecular weight is 237 g/mol. The summed E-state index contributed by atoms with van der Waals surface area (Å²) in [7, 11) is 0. The normalized spacial score (nSPS) is 22.9. The van der Waals surface area contributed by atoms with Crippen LogP contribution in [0.1, 0.15) is 18.4 Å². The fourth-order valence-electron chi connectivity index (χ4n) is 1.95. The second-order valence-corrected chi connectivity index (χ2v) is 4.49. The molecule has 0 atom stereocenters. The summed E-state index contributed by atoms with van der Waals surface area (Å²) in [5.41, 5.74) is 0.635. The predicted molar refractivity (Wildman–Crippen MR) is 62.8 cm³/mol. The summed E-state index contributed by atoms with van der Waals surface area (Å²) < 4.78 is 0. The first kappa shape index (κ1) is 11.8. The van der Waals surface area contributed by atoms with Gasteiger partial charge in [-0.25, -0.2) is 4.98 Å². The Hall–Kier alpha value is -1.69. The minimum Gasteiger partial charge on any atom is -0.393 e. The SMILES string of the molecule is Cc1cc(NCC2CC(O)C2)ncc1[N+](=O)[O-]. The molecule has 1 aromatic heterocycles. The van der Waals surface area contributed by atoms with E-state index in [1.54, 1.807) is 13.0 Å². The zero-order valence-electron chi connectivity index (χ0n) is 9.59. The number of nitrogens with one attached hydrogen (secondary N) is 1. The van der Waals surface area contributed by atoms with Crippen molar-refractivity contribution in [2.45, 2.75) is 25.9 Å². The smallest absolute Gasteiger partial charge is 0.290 e. The van der Waals surface area contributed by atoms with Crippen molar-refractivity contribution in [3.8, 4) is 0 Å². The molecule has 1 heterocycles. The fourth-order valence-corrected chi connectivity index (χ4v) is 1.95. The van der Waals surface area contributed by atoms with Crippen molar-refractivity contribution < 1.29 is 10.0 Å². The number of anilines is 1. The lowest BCUT2D eigenvalue weighted by Gasteiger charge is -2.31. The highest BCUT2D eigenvalue weighted by Gasteiger charge is 2.26. The van der Waals surface area contributed by atoms with E-state index >= 15 is 0 Å². The number of hydrogen-bond acceptors (Lipinski definition) is 5. The maximum Gasteiger partial charge on any atom is 0.290 e. The van der Waals surface area contributed by atoms with Crippen molar-refractivity contribution in [2.75, 3.05) is 11.9 Å².